The lowest BCUT2D eigenvalue weighted by Gasteiger charge is -2.18. The van der Waals surface area contributed by atoms with Crippen LogP contribution in [-0.4, -0.2) is 20.2 Å². The van der Waals surface area contributed by atoms with Crippen LogP contribution in [0.2, 0.25) is 5.02 Å². The third kappa shape index (κ3) is 3.37. The van der Waals surface area contributed by atoms with E-state index in [1.165, 1.54) is 7.11 Å². The second-order valence-corrected chi connectivity index (χ2v) is 4.15. The summed E-state index contributed by atoms with van der Waals surface area (Å²) in [5, 5.41) is 0.563. The molecule has 0 amide bonds. The lowest BCUT2D eigenvalue weighted by molar-refractivity contribution is -0.141. The van der Waals surface area contributed by atoms with Gasteiger partial charge in [-0.2, -0.15) is 0 Å². The fourth-order valence-electron chi connectivity index (χ4n) is 1.82. The molecule has 1 aromatic carbocycles. The highest BCUT2D eigenvalue weighted by Gasteiger charge is 2.19. The first-order chi connectivity index (χ1) is 8.13. The average molecular weight is 257 g/mol. The van der Waals surface area contributed by atoms with Crippen molar-refractivity contribution >= 4 is 17.6 Å². The molecule has 0 saturated carbocycles. The second-order valence-electron chi connectivity index (χ2n) is 3.75. The third-order valence-corrected chi connectivity index (χ3v) is 3.07. The summed E-state index contributed by atoms with van der Waals surface area (Å²) in [4.78, 5) is 11.3. The van der Waals surface area contributed by atoms with Gasteiger partial charge in [-0.25, -0.2) is 0 Å². The topological polar surface area (TPSA) is 35.5 Å². The van der Waals surface area contributed by atoms with Gasteiger partial charge in [-0.1, -0.05) is 30.7 Å². The molecule has 4 heteroatoms. The van der Waals surface area contributed by atoms with Crippen LogP contribution in [0, 0.1) is 0 Å². The van der Waals surface area contributed by atoms with Gasteiger partial charge in [0.05, 0.1) is 25.7 Å². The summed E-state index contributed by atoms with van der Waals surface area (Å²) in [6, 6.07) is 5.57. The zero-order valence-electron chi connectivity index (χ0n) is 10.3. The Balaban J connectivity index is 3.03. The maximum atomic E-state index is 11.3. The molecule has 0 aliphatic heterocycles. The quantitative estimate of drug-likeness (QED) is 0.758. The van der Waals surface area contributed by atoms with Crippen molar-refractivity contribution in [2.75, 3.05) is 14.2 Å². The molecule has 0 fully saturated rings. The van der Waals surface area contributed by atoms with Crippen LogP contribution >= 0.6 is 11.6 Å². The van der Waals surface area contributed by atoms with Crippen LogP contribution < -0.4 is 4.74 Å². The van der Waals surface area contributed by atoms with Crippen molar-refractivity contribution < 1.29 is 14.3 Å². The molecular formula is C13H17ClO3. The number of esters is 1. The van der Waals surface area contributed by atoms with Crippen LogP contribution in [0.3, 0.4) is 0 Å². The van der Waals surface area contributed by atoms with E-state index < -0.39 is 0 Å². The predicted molar refractivity (Wildman–Crippen MR) is 67.7 cm³/mol. The molecule has 1 aromatic rings. The fraction of sp³-hybridized carbons (Fsp3) is 0.462. The minimum Gasteiger partial charge on any atom is -0.495 e. The van der Waals surface area contributed by atoms with Crippen molar-refractivity contribution in [2.45, 2.75) is 25.7 Å². The van der Waals surface area contributed by atoms with Gasteiger partial charge in [-0.3, -0.25) is 4.79 Å². The molecule has 1 atom stereocenters. The van der Waals surface area contributed by atoms with Crippen molar-refractivity contribution in [1.29, 1.82) is 0 Å². The maximum absolute atomic E-state index is 11.3. The molecule has 0 bridgehead atoms. The minimum atomic E-state index is -0.223. The summed E-state index contributed by atoms with van der Waals surface area (Å²) in [5.41, 5.74) is 0.952. The molecule has 1 unspecified atom stereocenters. The minimum absolute atomic E-state index is 0.0658. The van der Waals surface area contributed by atoms with Gasteiger partial charge >= 0.3 is 5.97 Å². The van der Waals surface area contributed by atoms with Crippen molar-refractivity contribution in [3.8, 4) is 5.75 Å². The molecule has 94 valence electrons. The Morgan fingerprint density at radius 1 is 1.41 bits per heavy atom. The number of hydrogen-bond donors (Lipinski definition) is 0. The van der Waals surface area contributed by atoms with E-state index in [0.717, 1.165) is 12.0 Å². The summed E-state index contributed by atoms with van der Waals surface area (Å²) in [7, 11) is 2.97. The fourth-order valence-corrected chi connectivity index (χ4v) is 2.08. The molecule has 0 N–H and O–H groups in total. The average Bonchev–Trinajstić information content (AvgIpc) is 2.35. The van der Waals surface area contributed by atoms with Gasteiger partial charge in [-0.05, 0) is 24.0 Å². The molecule has 17 heavy (non-hydrogen) atoms. The summed E-state index contributed by atoms with van der Waals surface area (Å²) < 4.78 is 9.99. The largest absolute Gasteiger partial charge is 0.495 e. The van der Waals surface area contributed by atoms with Crippen molar-refractivity contribution in [1.82, 2.24) is 0 Å². The van der Waals surface area contributed by atoms with E-state index in [2.05, 4.69) is 0 Å². The Morgan fingerprint density at radius 2 is 2.12 bits per heavy atom. The smallest absolute Gasteiger partial charge is 0.306 e. The van der Waals surface area contributed by atoms with Crippen molar-refractivity contribution in [3.63, 3.8) is 0 Å². The van der Waals surface area contributed by atoms with Gasteiger partial charge in [0.25, 0.3) is 0 Å². The number of rotatable bonds is 5. The molecule has 0 aliphatic carbocycles. The summed E-state index contributed by atoms with van der Waals surface area (Å²) in [6.45, 7) is 2.02. The molecule has 0 heterocycles. The standard InChI is InChI=1S/C13H17ClO3/c1-4-9(8-12(15)16-2)10-6-5-7-11(14)13(10)17-3/h5-7,9H,4,8H2,1-3H3. The number of ether oxygens (including phenoxy) is 2. The number of halogens is 1. The second kappa shape index (κ2) is 6.50. The first-order valence-corrected chi connectivity index (χ1v) is 5.91. The zero-order valence-corrected chi connectivity index (χ0v) is 11.1. The van der Waals surface area contributed by atoms with Gasteiger partial charge < -0.3 is 9.47 Å². The van der Waals surface area contributed by atoms with Gasteiger partial charge in [0.2, 0.25) is 0 Å². The zero-order chi connectivity index (χ0) is 12.8. The van der Waals surface area contributed by atoms with Gasteiger partial charge in [-0.15, -0.1) is 0 Å². The van der Waals surface area contributed by atoms with E-state index in [1.807, 2.05) is 19.1 Å². The number of carbonyl (C=O) groups is 1. The third-order valence-electron chi connectivity index (χ3n) is 2.77. The molecule has 1 rings (SSSR count). The Hall–Kier alpha value is -1.22. The van der Waals surface area contributed by atoms with E-state index in [1.54, 1.807) is 13.2 Å². The van der Waals surface area contributed by atoms with Gasteiger partial charge in [0, 0.05) is 0 Å². The highest BCUT2D eigenvalue weighted by atomic mass is 35.5. The molecular weight excluding hydrogens is 240 g/mol. The maximum Gasteiger partial charge on any atom is 0.306 e. The van der Waals surface area contributed by atoms with Crippen molar-refractivity contribution in [3.05, 3.63) is 28.8 Å². The number of hydrogen-bond acceptors (Lipinski definition) is 3. The molecule has 0 aromatic heterocycles. The summed E-state index contributed by atoms with van der Waals surface area (Å²) in [5.74, 6) is 0.486. The monoisotopic (exact) mass is 256 g/mol. The SMILES string of the molecule is CCC(CC(=O)OC)c1cccc(Cl)c1OC. The van der Waals surface area contributed by atoms with Crippen LogP contribution in [0.25, 0.3) is 0 Å². The molecule has 0 aliphatic rings. The highest BCUT2D eigenvalue weighted by molar-refractivity contribution is 6.32. The first-order valence-electron chi connectivity index (χ1n) is 5.53. The Kier molecular flexibility index (Phi) is 5.29. The van der Waals surface area contributed by atoms with E-state index >= 15 is 0 Å². The lowest BCUT2D eigenvalue weighted by atomic mass is 9.92. The summed E-state index contributed by atoms with van der Waals surface area (Å²) >= 11 is 6.06. The normalized spacial score (nSPS) is 12.0. The number of para-hydroxylation sites is 1. The molecule has 3 nitrogen and oxygen atoms in total. The number of benzene rings is 1. The van der Waals surface area contributed by atoms with Crippen LogP contribution in [0.1, 0.15) is 31.2 Å². The first kappa shape index (κ1) is 13.8. The van der Waals surface area contributed by atoms with E-state index in [4.69, 9.17) is 21.1 Å². The molecule has 0 radical (unpaired) electrons. The van der Waals surface area contributed by atoms with E-state index in [-0.39, 0.29) is 11.9 Å². The lowest BCUT2D eigenvalue weighted by Crippen LogP contribution is -2.09. The van der Waals surface area contributed by atoms with Gasteiger partial charge in [0.1, 0.15) is 5.75 Å². The van der Waals surface area contributed by atoms with Crippen molar-refractivity contribution in [2.24, 2.45) is 0 Å². The Bertz CT molecular complexity index is 390. The Labute approximate surface area is 107 Å². The number of carbonyl (C=O) groups excluding carboxylic acids is 1. The van der Waals surface area contributed by atoms with Crippen LogP contribution in [0.5, 0.6) is 5.75 Å². The molecule has 0 spiro atoms. The van der Waals surface area contributed by atoms with E-state index in [0.29, 0.717) is 17.2 Å². The summed E-state index contributed by atoms with van der Waals surface area (Å²) in [6.07, 6.45) is 1.16. The predicted octanol–water partition coefficient (Wildman–Crippen LogP) is 3.41. The van der Waals surface area contributed by atoms with E-state index in [9.17, 15) is 4.79 Å². The molecule has 0 saturated heterocycles. The highest BCUT2D eigenvalue weighted by Crippen LogP contribution is 2.36. The van der Waals surface area contributed by atoms with Crippen LogP contribution in [0.15, 0.2) is 18.2 Å². The van der Waals surface area contributed by atoms with Gasteiger partial charge in [0.15, 0.2) is 0 Å². The number of methoxy groups -OCH3 is 2. The van der Waals surface area contributed by atoms with Crippen LogP contribution in [0.4, 0.5) is 0 Å². The van der Waals surface area contributed by atoms with Crippen LogP contribution in [-0.2, 0) is 9.53 Å². The Morgan fingerprint density at radius 3 is 2.65 bits per heavy atom.